The van der Waals surface area contributed by atoms with E-state index in [9.17, 15) is 14.9 Å². The second kappa shape index (κ2) is 9.27. The van der Waals surface area contributed by atoms with Crippen LogP contribution in [0.3, 0.4) is 0 Å². The normalized spacial score (nSPS) is 14.6. The molecule has 1 aromatic carbocycles. The van der Waals surface area contributed by atoms with Crippen LogP contribution in [-0.4, -0.2) is 55.4 Å². The van der Waals surface area contributed by atoms with Crippen molar-refractivity contribution in [2.75, 3.05) is 31.1 Å². The molecule has 0 N–H and O–H groups in total. The highest BCUT2D eigenvalue weighted by atomic mass is 32.1. The highest BCUT2D eigenvalue weighted by Crippen LogP contribution is 2.24. The van der Waals surface area contributed by atoms with Gasteiger partial charge in [0.25, 0.3) is 11.2 Å². The summed E-state index contributed by atoms with van der Waals surface area (Å²) in [5, 5.41) is 12.8. The Bertz CT molecular complexity index is 1390. The van der Waals surface area contributed by atoms with Crippen LogP contribution in [0.2, 0.25) is 0 Å². The molecule has 34 heavy (non-hydrogen) atoms. The second-order valence-electron chi connectivity index (χ2n) is 8.10. The van der Waals surface area contributed by atoms with E-state index >= 15 is 0 Å². The Balaban J connectivity index is 1.30. The van der Waals surface area contributed by atoms with E-state index in [-0.39, 0.29) is 11.2 Å². The number of aryl methyl sites for hydroxylation is 1. The zero-order valence-electron chi connectivity index (χ0n) is 18.6. The number of aromatic nitrogens is 4. The molecule has 0 atom stereocenters. The Labute approximate surface area is 199 Å². The molecular weight excluding hydrogens is 454 g/mol. The van der Waals surface area contributed by atoms with Gasteiger partial charge in [0.2, 0.25) is 0 Å². The molecule has 1 fully saturated rings. The molecule has 0 unspecified atom stereocenters. The lowest BCUT2D eigenvalue weighted by Gasteiger charge is -2.35. The van der Waals surface area contributed by atoms with Gasteiger partial charge in [0.1, 0.15) is 5.82 Å². The third kappa shape index (κ3) is 4.52. The van der Waals surface area contributed by atoms with Gasteiger partial charge in [-0.05, 0) is 18.6 Å². The van der Waals surface area contributed by atoms with Crippen LogP contribution in [0.4, 0.5) is 11.5 Å². The van der Waals surface area contributed by atoms with E-state index in [4.69, 9.17) is 4.98 Å². The van der Waals surface area contributed by atoms with Crippen LogP contribution in [-0.2, 0) is 13.0 Å². The summed E-state index contributed by atoms with van der Waals surface area (Å²) in [6, 6.07) is 9.95. The summed E-state index contributed by atoms with van der Waals surface area (Å²) in [5.41, 5.74) is 2.46. The van der Waals surface area contributed by atoms with Gasteiger partial charge in [-0.2, -0.15) is 0 Å². The van der Waals surface area contributed by atoms with Crippen LogP contribution < -0.4 is 10.5 Å². The standard InChI is InChI=1S/C23H23N7O3S/c1-2-17-13-20(26-22(24-17)16-3-5-19(6-4-16)30(32)33)28-9-7-27(8-10-28)15-18-14-21(31)29-11-12-34-23(29)25-18/h3-6,11-14H,2,7-10,15H2,1H3. The molecule has 1 saturated heterocycles. The highest BCUT2D eigenvalue weighted by Gasteiger charge is 2.21. The van der Waals surface area contributed by atoms with Gasteiger partial charge in [-0.25, -0.2) is 15.0 Å². The van der Waals surface area contributed by atoms with Gasteiger partial charge in [-0.15, -0.1) is 11.3 Å². The zero-order valence-corrected chi connectivity index (χ0v) is 19.4. The third-order valence-electron chi connectivity index (χ3n) is 5.90. The molecule has 0 spiro atoms. The van der Waals surface area contributed by atoms with E-state index in [1.165, 1.54) is 23.5 Å². The number of nitro benzene ring substituents is 1. The molecule has 3 aromatic heterocycles. The number of benzene rings is 1. The molecule has 10 nitrogen and oxygen atoms in total. The van der Waals surface area contributed by atoms with E-state index in [2.05, 4.69) is 19.8 Å². The minimum Gasteiger partial charge on any atom is -0.354 e. The number of nitrogens with zero attached hydrogens (tertiary/aromatic N) is 7. The van der Waals surface area contributed by atoms with Crippen molar-refractivity contribution in [3.8, 4) is 11.4 Å². The number of anilines is 1. The lowest BCUT2D eigenvalue weighted by Crippen LogP contribution is -2.46. The summed E-state index contributed by atoms with van der Waals surface area (Å²) in [6.07, 6.45) is 2.51. The SMILES string of the molecule is CCc1cc(N2CCN(Cc3cc(=O)n4ccsc4n3)CC2)nc(-c2ccc([N+](=O)[O-])cc2)n1. The zero-order chi connectivity index (χ0) is 23.7. The molecule has 4 aromatic rings. The molecule has 0 bridgehead atoms. The van der Waals surface area contributed by atoms with Gasteiger partial charge < -0.3 is 4.90 Å². The number of hydrogen-bond donors (Lipinski definition) is 0. The van der Waals surface area contributed by atoms with Crippen LogP contribution in [0.15, 0.2) is 52.8 Å². The van der Waals surface area contributed by atoms with Gasteiger partial charge in [-0.3, -0.25) is 24.2 Å². The van der Waals surface area contributed by atoms with Crippen molar-refractivity contribution in [3.05, 3.63) is 79.8 Å². The Morgan fingerprint density at radius 1 is 1.03 bits per heavy atom. The molecule has 11 heteroatoms. The number of piperazine rings is 1. The molecule has 174 valence electrons. The lowest BCUT2D eigenvalue weighted by atomic mass is 10.2. The first-order valence-electron chi connectivity index (χ1n) is 11.1. The van der Waals surface area contributed by atoms with E-state index in [0.29, 0.717) is 17.3 Å². The number of non-ortho nitro benzene ring substituents is 1. The molecule has 4 heterocycles. The predicted molar refractivity (Wildman–Crippen MR) is 130 cm³/mol. The van der Waals surface area contributed by atoms with E-state index < -0.39 is 4.92 Å². The fourth-order valence-corrected chi connectivity index (χ4v) is 4.76. The van der Waals surface area contributed by atoms with Crippen LogP contribution in [0.1, 0.15) is 18.3 Å². The minimum atomic E-state index is -0.414. The Kier molecular flexibility index (Phi) is 6.03. The molecule has 1 aliphatic heterocycles. The van der Waals surface area contributed by atoms with Crippen molar-refractivity contribution in [3.63, 3.8) is 0 Å². The molecule has 0 amide bonds. The second-order valence-corrected chi connectivity index (χ2v) is 8.98. The van der Waals surface area contributed by atoms with E-state index in [1.807, 2.05) is 18.4 Å². The highest BCUT2D eigenvalue weighted by molar-refractivity contribution is 7.15. The molecule has 0 saturated carbocycles. The smallest absolute Gasteiger partial charge is 0.269 e. The summed E-state index contributed by atoms with van der Waals surface area (Å²) in [6.45, 7) is 5.91. The van der Waals surface area contributed by atoms with Crippen LogP contribution in [0, 0.1) is 10.1 Å². The third-order valence-corrected chi connectivity index (χ3v) is 6.66. The first-order chi connectivity index (χ1) is 16.5. The summed E-state index contributed by atoms with van der Waals surface area (Å²) < 4.78 is 1.56. The lowest BCUT2D eigenvalue weighted by molar-refractivity contribution is -0.384. The Hall–Kier alpha value is -3.70. The van der Waals surface area contributed by atoms with Crippen LogP contribution in [0.25, 0.3) is 16.3 Å². The monoisotopic (exact) mass is 477 g/mol. The van der Waals surface area contributed by atoms with Gasteiger partial charge >= 0.3 is 0 Å². The maximum absolute atomic E-state index is 12.3. The number of thiazole rings is 1. The summed E-state index contributed by atoms with van der Waals surface area (Å²) in [7, 11) is 0. The minimum absolute atomic E-state index is 0.0437. The van der Waals surface area contributed by atoms with Gasteiger partial charge in [0, 0.05) is 79.8 Å². The maximum Gasteiger partial charge on any atom is 0.269 e. The number of rotatable bonds is 6. The molecule has 0 aliphatic carbocycles. The van der Waals surface area contributed by atoms with Gasteiger partial charge in [-0.1, -0.05) is 6.92 Å². The van der Waals surface area contributed by atoms with Crippen molar-refractivity contribution in [1.82, 2.24) is 24.3 Å². The number of hydrogen-bond acceptors (Lipinski definition) is 9. The molecule has 5 rings (SSSR count). The van der Waals surface area contributed by atoms with Crippen molar-refractivity contribution >= 4 is 27.8 Å². The van der Waals surface area contributed by atoms with Crippen molar-refractivity contribution < 1.29 is 4.92 Å². The van der Waals surface area contributed by atoms with Crippen molar-refractivity contribution in [2.24, 2.45) is 0 Å². The maximum atomic E-state index is 12.3. The van der Waals surface area contributed by atoms with Crippen LogP contribution >= 0.6 is 11.3 Å². The van der Waals surface area contributed by atoms with Gasteiger partial charge in [0.05, 0.1) is 10.6 Å². The van der Waals surface area contributed by atoms with E-state index in [1.54, 1.807) is 28.8 Å². The topological polar surface area (TPSA) is 110 Å². The van der Waals surface area contributed by atoms with Crippen molar-refractivity contribution in [1.29, 1.82) is 0 Å². The molecule has 0 radical (unpaired) electrons. The summed E-state index contributed by atoms with van der Waals surface area (Å²) in [5.74, 6) is 1.43. The number of fused-ring (bicyclic) bond motifs is 1. The Morgan fingerprint density at radius 2 is 1.79 bits per heavy atom. The summed E-state index contributed by atoms with van der Waals surface area (Å²) in [4.78, 5) is 42.1. The first kappa shape index (κ1) is 22.1. The summed E-state index contributed by atoms with van der Waals surface area (Å²) >= 11 is 1.46. The molecule has 1 aliphatic rings. The number of nitro groups is 1. The van der Waals surface area contributed by atoms with E-state index in [0.717, 1.165) is 55.4 Å². The first-order valence-corrected chi connectivity index (χ1v) is 11.9. The predicted octanol–water partition coefficient (Wildman–Crippen LogP) is 3.01. The van der Waals surface area contributed by atoms with Crippen molar-refractivity contribution in [2.45, 2.75) is 19.9 Å². The average Bonchev–Trinajstić information content (AvgIpc) is 3.33. The fourth-order valence-electron chi connectivity index (χ4n) is 4.02. The average molecular weight is 478 g/mol. The van der Waals surface area contributed by atoms with Crippen LogP contribution in [0.5, 0.6) is 0 Å². The molecular formula is C23H23N7O3S. The van der Waals surface area contributed by atoms with Gasteiger partial charge in [0.15, 0.2) is 10.8 Å². The Morgan fingerprint density at radius 3 is 2.50 bits per heavy atom. The fraction of sp³-hybridized carbons (Fsp3) is 0.304. The quantitative estimate of drug-likeness (QED) is 0.308. The largest absolute Gasteiger partial charge is 0.354 e.